The maximum Gasteiger partial charge on any atom is 0.459 e. The maximum atomic E-state index is 14.2. The third-order valence-corrected chi connectivity index (χ3v) is 9.38. The molecule has 0 radical (unpaired) electrons. The SMILES string of the molecule is Cn1nc(C(F)(F)C(F)(F)F)c(C(F)(F)F)c1-n1cc(-c2ccc(Cl)c(C(=O)N(COC(O)OC3CCC(C(=O)OC(C)(C)C)CC3)C3(C#N)CC3)c2)cn1. The topological polar surface area (TPSA) is 145 Å². The zero-order valence-electron chi connectivity index (χ0n) is 29.6. The van der Waals surface area contributed by atoms with Crippen molar-refractivity contribution in [3.05, 3.63) is 52.4 Å². The fourth-order valence-corrected chi connectivity index (χ4v) is 6.29. The summed E-state index contributed by atoms with van der Waals surface area (Å²) < 4.78 is 127. The average Bonchev–Trinajstić information content (AvgIpc) is 3.54. The lowest BCUT2D eigenvalue weighted by Gasteiger charge is -2.32. The molecule has 0 aliphatic heterocycles. The van der Waals surface area contributed by atoms with Crippen LogP contribution >= 0.6 is 11.6 Å². The standard InChI is InChI=1S/C34H35ClF8N6O6/c1-30(2,3)55-28(51)18-5-8-21(9-6-18)54-29(52)53-17-48(31(16-44)11-12-31)27(50)22-13-19(7-10-23(22)35)20-14-45-49(15-20)26-24(33(38,39)40)25(46-47(26)4)32(36,37)34(41,42)43/h7,10,13-15,18,21,29,52H,5-6,8-9,11-12,17H2,1-4H3. The van der Waals surface area contributed by atoms with E-state index in [0.717, 1.165) is 24.3 Å². The number of carbonyl (C=O) groups excluding carboxylic acids is 2. The molecule has 1 unspecified atom stereocenters. The number of aliphatic hydroxyl groups excluding tert-OH is 1. The highest BCUT2D eigenvalue weighted by Gasteiger charge is 2.64. The first kappa shape index (κ1) is 41.8. The molecule has 0 spiro atoms. The van der Waals surface area contributed by atoms with Crippen LogP contribution in [0.5, 0.6) is 0 Å². The summed E-state index contributed by atoms with van der Waals surface area (Å²) >= 11 is 6.37. The van der Waals surface area contributed by atoms with Crippen molar-refractivity contribution in [3.8, 4) is 23.0 Å². The minimum atomic E-state index is -6.39. The van der Waals surface area contributed by atoms with Gasteiger partial charge in [0, 0.05) is 18.8 Å². The zero-order valence-corrected chi connectivity index (χ0v) is 30.4. The first-order valence-electron chi connectivity index (χ1n) is 16.7. The number of aryl methyl sites for hydroxylation is 1. The monoisotopic (exact) mass is 810 g/mol. The van der Waals surface area contributed by atoms with Gasteiger partial charge in [0.2, 0.25) is 0 Å². The van der Waals surface area contributed by atoms with Crippen molar-refractivity contribution < 1.29 is 64.0 Å². The number of carbonyl (C=O) groups is 2. The Bertz CT molecular complexity index is 1960. The molecular formula is C34H35ClF8N6O6. The van der Waals surface area contributed by atoms with Crippen LogP contribution in [0.3, 0.4) is 0 Å². The van der Waals surface area contributed by atoms with E-state index >= 15 is 0 Å². The van der Waals surface area contributed by atoms with E-state index in [9.17, 15) is 55.1 Å². The molecule has 1 amide bonds. The first-order chi connectivity index (χ1) is 25.4. The normalized spacial score (nSPS) is 19.4. The van der Waals surface area contributed by atoms with Gasteiger partial charge in [-0.25, -0.2) is 9.36 Å². The van der Waals surface area contributed by atoms with Crippen molar-refractivity contribution in [2.24, 2.45) is 13.0 Å². The molecule has 2 aliphatic carbocycles. The Kier molecular flexibility index (Phi) is 11.4. The lowest BCUT2D eigenvalue weighted by molar-refractivity contribution is -0.295. The van der Waals surface area contributed by atoms with Gasteiger partial charge in [0.05, 0.1) is 34.9 Å². The van der Waals surface area contributed by atoms with E-state index in [1.54, 1.807) is 20.8 Å². The maximum absolute atomic E-state index is 14.2. The fraction of sp³-hybridized carbons (Fsp3) is 0.559. The number of benzene rings is 1. The number of nitrogens with zero attached hydrogens (tertiary/aromatic N) is 6. The van der Waals surface area contributed by atoms with Crippen molar-refractivity contribution in [2.75, 3.05) is 6.73 Å². The summed E-state index contributed by atoms with van der Waals surface area (Å²) in [6.07, 6.45) is -8.52. The molecule has 1 aromatic carbocycles. The largest absolute Gasteiger partial charge is 0.460 e. The van der Waals surface area contributed by atoms with Crippen LogP contribution in [0, 0.1) is 17.2 Å². The quantitative estimate of drug-likeness (QED) is 0.120. The number of aromatic nitrogens is 4. The van der Waals surface area contributed by atoms with Crippen molar-refractivity contribution in [1.29, 1.82) is 5.26 Å². The molecule has 2 fully saturated rings. The van der Waals surface area contributed by atoms with Gasteiger partial charge in [-0.1, -0.05) is 17.7 Å². The van der Waals surface area contributed by atoms with Crippen LogP contribution in [0.4, 0.5) is 35.1 Å². The Balaban J connectivity index is 1.34. The Morgan fingerprint density at radius 2 is 1.71 bits per heavy atom. The summed E-state index contributed by atoms with van der Waals surface area (Å²) in [7, 11) is 0.736. The van der Waals surface area contributed by atoms with Gasteiger partial charge in [0.1, 0.15) is 23.4 Å². The van der Waals surface area contributed by atoms with Gasteiger partial charge in [0.15, 0.2) is 11.5 Å². The Labute approximate surface area is 313 Å². The fourth-order valence-electron chi connectivity index (χ4n) is 6.09. The van der Waals surface area contributed by atoms with Crippen molar-refractivity contribution in [1.82, 2.24) is 24.5 Å². The van der Waals surface area contributed by atoms with E-state index in [2.05, 4.69) is 16.3 Å². The molecule has 1 atom stereocenters. The molecule has 21 heteroatoms. The number of amides is 1. The molecule has 1 N–H and O–H groups in total. The predicted octanol–water partition coefficient (Wildman–Crippen LogP) is 7.26. The summed E-state index contributed by atoms with van der Waals surface area (Å²) in [4.78, 5) is 27.4. The highest BCUT2D eigenvalue weighted by atomic mass is 35.5. The number of rotatable bonds is 11. The molecule has 0 bridgehead atoms. The molecule has 55 heavy (non-hydrogen) atoms. The molecule has 2 aliphatic rings. The second-order valence-electron chi connectivity index (χ2n) is 14.2. The average molecular weight is 811 g/mol. The van der Waals surface area contributed by atoms with Crippen LogP contribution in [0.15, 0.2) is 30.6 Å². The summed E-state index contributed by atoms with van der Waals surface area (Å²) in [5.41, 5.74) is -7.02. The van der Waals surface area contributed by atoms with Crippen LogP contribution in [0.1, 0.15) is 80.9 Å². The molecule has 2 heterocycles. The number of esters is 1. The van der Waals surface area contributed by atoms with Crippen LogP contribution in [-0.4, -0.2) is 78.1 Å². The smallest absolute Gasteiger partial charge is 0.459 e. The van der Waals surface area contributed by atoms with Gasteiger partial charge in [-0.3, -0.25) is 14.5 Å². The van der Waals surface area contributed by atoms with Gasteiger partial charge in [-0.15, -0.1) is 0 Å². The molecule has 2 aromatic heterocycles. The van der Waals surface area contributed by atoms with E-state index in [4.69, 9.17) is 25.8 Å². The molecule has 2 saturated carbocycles. The summed E-state index contributed by atoms with van der Waals surface area (Å²) in [6.45, 7) is 2.83. The Hall–Kier alpha value is -4.32. The van der Waals surface area contributed by atoms with E-state index in [0.29, 0.717) is 30.4 Å². The van der Waals surface area contributed by atoms with Gasteiger partial charge in [-0.05, 0) is 77.0 Å². The number of ether oxygens (including phenoxy) is 3. The van der Waals surface area contributed by atoms with Crippen LogP contribution in [0.25, 0.3) is 16.9 Å². The Morgan fingerprint density at radius 1 is 1.07 bits per heavy atom. The van der Waals surface area contributed by atoms with Gasteiger partial charge < -0.3 is 19.3 Å². The van der Waals surface area contributed by atoms with Gasteiger partial charge in [0.25, 0.3) is 12.4 Å². The van der Waals surface area contributed by atoms with E-state index < -0.39 is 71.7 Å². The molecule has 0 saturated heterocycles. The second kappa shape index (κ2) is 15.0. The van der Waals surface area contributed by atoms with Crippen LogP contribution in [-0.2, 0) is 38.2 Å². The van der Waals surface area contributed by atoms with Crippen molar-refractivity contribution in [3.63, 3.8) is 0 Å². The van der Waals surface area contributed by atoms with Crippen LogP contribution < -0.4 is 0 Å². The molecule has 5 rings (SSSR count). The van der Waals surface area contributed by atoms with E-state index in [1.165, 1.54) is 18.2 Å². The lowest BCUT2D eigenvalue weighted by atomic mass is 9.87. The zero-order chi connectivity index (χ0) is 40.9. The second-order valence-corrected chi connectivity index (χ2v) is 14.6. The molecular weight excluding hydrogens is 776 g/mol. The van der Waals surface area contributed by atoms with Crippen molar-refractivity contribution in [2.45, 2.75) is 101 Å². The van der Waals surface area contributed by atoms with Crippen molar-refractivity contribution >= 4 is 23.5 Å². The highest BCUT2D eigenvalue weighted by Crippen LogP contribution is 2.49. The lowest BCUT2D eigenvalue weighted by Crippen LogP contribution is -2.44. The van der Waals surface area contributed by atoms with Crippen LogP contribution in [0.2, 0.25) is 5.02 Å². The molecule has 3 aromatic rings. The number of hydrogen-bond donors (Lipinski definition) is 1. The summed E-state index contributed by atoms with van der Waals surface area (Å²) in [6, 6.07) is 5.85. The third-order valence-electron chi connectivity index (χ3n) is 9.05. The minimum Gasteiger partial charge on any atom is -0.460 e. The predicted molar refractivity (Wildman–Crippen MR) is 174 cm³/mol. The minimum absolute atomic E-state index is 0.0152. The molecule has 300 valence electrons. The number of hydrogen-bond acceptors (Lipinski definition) is 9. The first-order valence-corrected chi connectivity index (χ1v) is 17.1. The summed E-state index contributed by atoms with van der Waals surface area (Å²) in [5, 5.41) is 27.0. The number of alkyl halides is 8. The van der Waals surface area contributed by atoms with Gasteiger partial charge in [-0.2, -0.15) is 50.6 Å². The van der Waals surface area contributed by atoms with E-state index in [1.807, 2.05) is 0 Å². The number of aliphatic hydroxyl groups is 1. The molecule has 12 nitrogen and oxygen atoms in total. The number of nitriles is 1. The Morgan fingerprint density at radius 3 is 2.25 bits per heavy atom. The third kappa shape index (κ3) is 8.90. The highest BCUT2D eigenvalue weighted by molar-refractivity contribution is 6.34. The summed E-state index contributed by atoms with van der Waals surface area (Å²) in [5.74, 6) is -8.70. The number of halogens is 9. The van der Waals surface area contributed by atoms with E-state index in [-0.39, 0.29) is 51.1 Å². The van der Waals surface area contributed by atoms with Gasteiger partial charge >= 0.3 is 24.2 Å².